The van der Waals surface area contributed by atoms with E-state index in [1.807, 2.05) is 18.2 Å². The maximum atomic E-state index is 11.4. The van der Waals surface area contributed by atoms with Gasteiger partial charge in [0.2, 0.25) is 5.91 Å². The molecule has 0 saturated heterocycles. The minimum absolute atomic E-state index is 0.00560. The summed E-state index contributed by atoms with van der Waals surface area (Å²) in [6, 6.07) is 18.6. The van der Waals surface area contributed by atoms with Crippen LogP contribution in [0.5, 0.6) is 0 Å². The smallest absolute Gasteiger partial charge is 0.234 e. The van der Waals surface area contributed by atoms with E-state index < -0.39 is 0 Å². The summed E-state index contributed by atoms with van der Waals surface area (Å²) in [7, 11) is 1.76. The van der Waals surface area contributed by atoms with Gasteiger partial charge in [0, 0.05) is 24.5 Å². The molecule has 22 heavy (non-hydrogen) atoms. The van der Waals surface area contributed by atoms with Gasteiger partial charge in [0.05, 0.1) is 6.54 Å². The van der Waals surface area contributed by atoms with Gasteiger partial charge in [0.25, 0.3) is 0 Å². The van der Waals surface area contributed by atoms with E-state index in [0.29, 0.717) is 13.1 Å². The van der Waals surface area contributed by atoms with Crippen LogP contribution >= 0.6 is 0 Å². The molecule has 0 aliphatic carbocycles. The normalized spacial score (nSPS) is 10.3. The third-order valence-corrected chi connectivity index (χ3v) is 3.46. The van der Waals surface area contributed by atoms with E-state index >= 15 is 0 Å². The summed E-state index contributed by atoms with van der Waals surface area (Å²) in [5, 5.41) is 5.71. The van der Waals surface area contributed by atoms with Crippen molar-refractivity contribution >= 4 is 17.3 Å². The molecule has 0 radical (unpaired) electrons. The van der Waals surface area contributed by atoms with Crippen molar-refractivity contribution in [2.24, 2.45) is 0 Å². The van der Waals surface area contributed by atoms with Crippen LogP contribution in [0.2, 0.25) is 0 Å². The Labute approximate surface area is 132 Å². The second-order valence-corrected chi connectivity index (χ2v) is 5.05. The Balaban J connectivity index is 2.03. The monoisotopic (exact) mass is 297 g/mol. The average Bonchev–Trinajstić information content (AvgIpc) is 2.56. The number of likely N-dealkylation sites (N-methyl/N-ethyl adjacent to an activating group) is 1. The Morgan fingerprint density at radius 1 is 1.00 bits per heavy atom. The van der Waals surface area contributed by atoms with E-state index in [-0.39, 0.29) is 5.91 Å². The fourth-order valence-corrected chi connectivity index (χ4v) is 2.34. The third-order valence-electron chi connectivity index (χ3n) is 3.46. The lowest BCUT2D eigenvalue weighted by Gasteiger charge is -2.23. The van der Waals surface area contributed by atoms with E-state index in [1.54, 1.807) is 7.05 Å². The van der Waals surface area contributed by atoms with Crippen LogP contribution in [0.3, 0.4) is 0 Å². The Morgan fingerprint density at radius 3 is 2.23 bits per heavy atom. The molecule has 0 heterocycles. The molecule has 0 aliphatic rings. The number of para-hydroxylation sites is 1. The molecule has 4 nitrogen and oxygen atoms in total. The van der Waals surface area contributed by atoms with E-state index in [2.05, 4.69) is 58.9 Å². The first-order chi connectivity index (χ1) is 10.7. The van der Waals surface area contributed by atoms with Crippen molar-refractivity contribution < 1.29 is 4.79 Å². The molecule has 0 spiro atoms. The van der Waals surface area contributed by atoms with Crippen molar-refractivity contribution in [3.63, 3.8) is 0 Å². The van der Waals surface area contributed by atoms with Crippen LogP contribution in [0, 0.1) is 0 Å². The summed E-state index contributed by atoms with van der Waals surface area (Å²) < 4.78 is 0. The molecule has 2 N–H and O–H groups in total. The Bertz CT molecular complexity index is 581. The molecule has 0 aliphatic heterocycles. The highest BCUT2D eigenvalue weighted by Gasteiger charge is 2.06. The minimum Gasteiger partial charge on any atom is -0.351 e. The first kappa shape index (κ1) is 16.0. The van der Waals surface area contributed by atoms with E-state index in [4.69, 9.17) is 0 Å². The number of anilines is 2. The molecule has 0 atom stereocenters. The van der Waals surface area contributed by atoms with Crippen LogP contribution in [0.4, 0.5) is 11.4 Å². The quantitative estimate of drug-likeness (QED) is 0.826. The number of carbonyl (C=O) groups is 1. The minimum atomic E-state index is 0.00560. The zero-order chi connectivity index (χ0) is 15.8. The highest BCUT2D eigenvalue weighted by molar-refractivity contribution is 5.77. The number of benzene rings is 2. The highest BCUT2D eigenvalue weighted by atomic mass is 16.1. The van der Waals surface area contributed by atoms with Gasteiger partial charge >= 0.3 is 0 Å². The molecule has 0 unspecified atom stereocenters. The van der Waals surface area contributed by atoms with Crippen LogP contribution in [-0.4, -0.2) is 26.0 Å². The van der Waals surface area contributed by atoms with Gasteiger partial charge in [-0.05, 0) is 43.8 Å². The highest BCUT2D eigenvalue weighted by Crippen LogP contribution is 2.24. The fraction of sp³-hybridized carbons (Fsp3) is 0.278. The summed E-state index contributed by atoms with van der Waals surface area (Å²) in [6.45, 7) is 3.94. The van der Waals surface area contributed by atoms with Crippen molar-refractivity contribution in [3.8, 4) is 0 Å². The molecule has 4 heteroatoms. The summed E-state index contributed by atoms with van der Waals surface area (Å²) in [6.07, 6.45) is 0. The summed E-state index contributed by atoms with van der Waals surface area (Å²) in [4.78, 5) is 13.7. The zero-order valence-electron chi connectivity index (χ0n) is 13.2. The van der Waals surface area contributed by atoms with Crippen molar-refractivity contribution in [1.29, 1.82) is 0 Å². The molecule has 116 valence electrons. The second-order valence-electron chi connectivity index (χ2n) is 5.05. The zero-order valence-corrected chi connectivity index (χ0v) is 13.2. The van der Waals surface area contributed by atoms with Crippen LogP contribution in [0.25, 0.3) is 0 Å². The van der Waals surface area contributed by atoms with Crippen molar-refractivity contribution in [1.82, 2.24) is 10.6 Å². The molecule has 0 saturated carbocycles. The number of amides is 1. The molecule has 2 aromatic carbocycles. The van der Waals surface area contributed by atoms with Crippen molar-refractivity contribution in [2.75, 3.05) is 25.0 Å². The molecule has 1 amide bonds. The number of hydrogen-bond donors (Lipinski definition) is 2. The lowest BCUT2D eigenvalue weighted by Crippen LogP contribution is -2.31. The van der Waals surface area contributed by atoms with E-state index in [0.717, 1.165) is 17.8 Å². The van der Waals surface area contributed by atoms with Crippen molar-refractivity contribution in [3.05, 3.63) is 60.2 Å². The lowest BCUT2D eigenvalue weighted by atomic mass is 10.1. The molecule has 0 bridgehead atoms. The van der Waals surface area contributed by atoms with Crippen LogP contribution in [0.15, 0.2) is 54.6 Å². The van der Waals surface area contributed by atoms with Gasteiger partial charge in [-0.1, -0.05) is 30.3 Å². The number of nitrogens with zero attached hydrogens (tertiary/aromatic N) is 1. The number of hydrogen-bond acceptors (Lipinski definition) is 3. The lowest BCUT2D eigenvalue weighted by molar-refractivity contribution is -0.120. The van der Waals surface area contributed by atoms with E-state index in [1.165, 1.54) is 5.69 Å². The number of nitrogens with one attached hydrogen (secondary N) is 2. The fourth-order valence-electron chi connectivity index (χ4n) is 2.34. The van der Waals surface area contributed by atoms with Gasteiger partial charge in [-0.3, -0.25) is 4.79 Å². The van der Waals surface area contributed by atoms with Crippen LogP contribution in [0.1, 0.15) is 12.5 Å². The summed E-state index contributed by atoms with van der Waals surface area (Å²) >= 11 is 0. The Morgan fingerprint density at radius 2 is 1.64 bits per heavy atom. The first-order valence-electron chi connectivity index (χ1n) is 7.57. The maximum absolute atomic E-state index is 11.4. The van der Waals surface area contributed by atoms with Gasteiger partial charge in [-0.15, -0.1) is 0 Å². The average molecular weight is 297 g/mol. The van der Waals surface area contributed by atoms with E-state index in [9.17, 15) is 4.79 Å². The predicted octanol–water partition coefficient (Wildman–Crippen LogP) is 2.68. The predicted molar refractivity (Wildman–Crippen MR) is 91.3 cm³/mol. The maximum Gasteiger partial charge on any atom is 0.234 e. The SMILES string of the molecule is CCN(c1ccccc1)c1ccc(CNC(=O)CNC)cc1. The molecular weight excluding hydrogens is 274 g/mol. The largest absolute Gasteiger partial charge is 0.351 e. The van der Waals surface area contributed by atoms with Gasteiger partial charge in [0.15, 0.2) is 0 Å². The Kier molecular flexibility index (Phi) is 5.98. The first-order valence-corrected chi connectivity index (χ1v) is 7.57. The van der Waals surface area contributed by atoms with Gasteiger partial charge in [-0.2, -0.15) is 0 Å². The summed E-state index contributed by atoms with van der Waals surface area (Å²) in [5.41, 5.74) is 3.43. The summed E-state index contributed by atoms with van der Waals surface area (Å²) in [5.74, 6) is 0.00560. The Hall–Kier alpha value is -2.33. The molecule has 2 aromatic rings. The van der Waals surface area contributed by atoms with Gasteiger partial charge in [0.1, 0.15) is 0 Å². The number of rotatable bonds is 7. The van der Waals surface area contributed by atoms with Gasteiger partial charge < -0.3 is 15.5 Å². The second kappa shape index (κ2) is 8.20. The standard InChI is InChI=1S/C18H23N3O/c1-3-21(16-7-5-4-6-8-16)17-11-9-15(10-12-17)13-20-18(22)14-19-2/h4-12,19H,3,13-14H2,1-2H3,(H,20,22). The molecule has 0 fully saturated rings. The number of carbonyl (C=O) groups excluding carboxylic acids is 1. The van der Waals surface area contributed by atoms with Gasteiger partial charge in [-0.25, -0.2) is 0 Å². The third kappa shape index (κ3) is 4.33. The topological polar surface area (TPSA) is 44.4 Å². The molecule has 2 rings (SSSR count). The van der Waals surface area contributed by atoms with Crippen LogP contribution < -0.4 is 15.5 Å². The van der Waals surface area contributed by atoms with Crippen LogP contribution in [-0.2, 0) is 11.3 Å². The molecule has 0 aromatic heterocycles. The van der Waals surface area contributed by atoms with Crippen molar-refractivity contribution in [2.45, 2.75) is 13.5 Å². The molecular formula is C18H23N3O.